The van der Waals surface area contributed by atoms with Crippen molar-refractivity contribution < 1.29 is 14.7 Å². The fourth-order valence-corrected chi connectivity index (χ4v) is 4.34. The van der Waals surface area contributed by atoms with Crippen molar-refractivity contribution in [1.29, 1.82) is 0 Å². The molecule has 146 valence electrons. The third-order valence-electron chi connectivity index (χ3n) is 5.77. The second-order valence-electron chi connectivity index (χ2n) is 8.66. The molecule has 0 bridgehead atoms. The maximum atomic E-state index is 12.9. The highest BCUT2D eigenvalue weighted by Crippen LogP contribution is 2.43. The highest BCUT2D eigenvalue weighted by Gasteiger charge is 2.46. The first kappa shape index (κ1) is 19.7. The predicted molar refractivity (Wildman–Crippen MR) is 106 cm³/mol. The zero-order valence-electron chi connectivity index (χ0n) is 16.9. The van der Waals surface area contributed by atoms with Crippen LogP contribution in [0.2, 0.25) is 0 Å². The van der Waals surface area contributed by atoms with Gasteiger partial charge in [0.05, 0.1) is 11.6 Å². The number of carbonyl (C=O) groups excluding carboxylic acids is 2. The first-order valence-electron chi connectivity index (χ1n) is 10.2. The van der Waals surface area contributed by atoms with E-state index in [1.54, 1.807) is 4.90 Å². The van der Waals surface area contributed by atoms with E-state index in [-0.39, 0.29) is 35.0 Å². The number of ketones is 1. The summed E-state index contributed by atoms with van der Waals surface area (Å²) in [7, 11) is 0. The van der Waals surface area contributed by atoms with Crippen LogP contribution in [-0.2, 0) is 9.59 Å². The van der Waals surface area contributed by atoms with Gasteiger partial charge < -0.3 is 10.0 Å². The fourth-order valence-electron chi connectivity index (χ4n) is 4.34. The Balaban J connectivity index is 2.03. The largest absolute Gasteiger partial charge is 0.503 e. The van der Waals surface area contributed by atoms with Crippen molar-refractivity contribution in [3.63, 3.8) is 0 Å². The van der Waals surface area contributed by atoms with Crippen molar-refractivity contribution in [2.45, 2.75) is 77.8 Å². The lowest BCUT2D eigenvalue weighted by molar-refractivity contribution is -0.131. The highest BCUT2D eigenvalue weighted by atomic mass is 16.3. The normalized spacial score (nSPS) is 21.2. The third kappa shape index (κ3) is 3.80. The van der Waals surface area contributed by atoms with Gasteiger partial charge in [0.25, 0.3) is 5.91 Å². The molecule has 1 aliphatic carbocycles. The average Bonchev–Trinajstić information content (AvgIpc) is 3.22. The maximum absolute atomic E-state index is 12.9. The number of hydrogen-bond donors (Lipinski definition) is 1. The number of aliphatic hydroxyl groups excluding tert-OH is 1. The van der Waals surface area contributed by atoms with Crippen LogP contribution in [0.5, 0.6) is 0 Å². The molecule has 1 heterocycles. The van der Waals surface area contributed by atoms with Gasteiger partial charge in [0.2, 0.25) is 0 Å². The van der Waals surface area contributed by atoms with Crippen LogP contribution in [0, 0.1) is 5.92 Å². The fraction of sp³-hybridized carbons (Fsp3) is 0.565. The molecule has 1 aliphatic heterocycles. The zero-order valence-corrected chi connectivity index (χ0v) is 16.9. The van der Waals surface area contributed by atoms with Crippen molar-refractivity contribution in [2.24, 2.45) is 5.92 Å². The van der Waals surface area contributed by atoms with Gasteiger partial charge in [0.1, 0.15) is 0 Å². The SMILES string of the molecule is CC(C)CC(=O)C1=C(O)C(=O)N(C2CCCC2)C1c1ccc(C(C)C)cc1. The van der Waals surface area contributed by atoms with Crippen LogP contribution in [0.15, 0.2) is 35.6 Å². The molecule has 0 spiro atoms. The van der Waals surface area contributed by atoms with Crippen LogP contribution in [0.25, 0.3) is 0 Å². The summed E-state index contributed by atoms with van der Waals surface area (Å²) < 4.78 is 0. The van der Waals surface area contributed by atoms with Crippen LogP contribution in [-0.4, -0.2) is 27.7 Å². The van der Waals surface area contributed by atoms with Crippen LogP contribution < -0.4 is 0 Å². The van der Waals surface area contributed by atoms with E-state index in [0.717, 1.165) is 31.2 Å². The van der Waals surface area contributed by atoms with Gasteiger partial charge in [-0.1, -0.05) is 64.8 Å². The van der Waals surface area contributed by atoms with Gasteiger partial charge in [-0.25, -0.2) is 0 Å². The Morgan fingerprint density at radius 1 is 1.11 bits per heavy atom. The van der Waals surface area contributed by atoms with Gasteiger partial charge in [0, 0.05) is 12.5 Å². The molecule has 4 heteroatoms. The summed E-state index contributed by atoms with van der Waals surface area (Å²) in [5.74, 6) is -0.245. The molecule has 4 nitrogen and oxygen atoms in total. The van der Waals surface area contributed by atoms with E-state index < -0.39 is 6.04 Å². The highest BCUT2D eigenvalue weighted by molar-refractivity contribution is 6.09. The van der Waals surface area contributed by atoms with Gasteiger partial charge in [-0.3, -0.25) is 9.59 Å². The molecule has 1 atom stereocenters. The summed E-state index contributed by atoms with van der Waals surface area (Å²) in [6.45, 7) is 8.24. The lowest BCUT2D eigenvalue weighted by Gasteiger charge is -2.32. The maximum Gasteiger partial charge on any atom is 0.290 e. The molecule has 1 N–H and O–H groups in total. The smallest absolute Gasteiger partial charge is 0.290 e. The second-order valence-corrected chi connectivity index (χ2v) is 8.66. The summed E-state index contributed by atoms with van der Waals surface area (Å²) in [4.78, 5) is 27.6. The van der Waals surface area contributed by atoms with Crippen molar-refractivity contribution in [2.75, 3.05) is 0 Å². The minimum Gasteiger partial charge on any atom is -0.503 e. The average molecular weight is 370 g/mol. The number of rotatable bonds is 6. The predicted octanol–water partition coefficient (Wildman–Crippen LogP) is 5.06. The Kier molecular flexibility index (Phi) is 5.73. The number of carbonyl (C=O) groups is 2. The number of hydrogen-bond acceptors (Lipinski definition) is 3. The minimum atomic E-state index is -0.465. The molecule has 1 fully saturated rings. The van der Waals surface area contributed by atoms with E-state index in [9.17, 15) is 14.7 Å². The van der Waals surface area contributed by atoms with Crippen molar-refractivity contribution in [1.82, 2.24) is 4.90 Å². The Bertz CT molecular complexity index is 739. The number of benzene rings is 1. The summed E-state index contributed by atoms with van der Waals surface area (Å²) in [6, 6.07) is 7.79. The van der Waals surface area contributed by atoms with E-state index in [1.807, 2.05) is 26.0 Å². The molecule has 0 saturated heterocycles. The van der Waals surface area contributed by atoms with Crippen LogP contribution in [0.1, 0.15) is 82.9 Å². The first-order valence-corrected chi connectivity index (χ1v) is 10.2. The number of aliphatic hydroxyl groups is 1. The monoisotopic (exact) mass is 369 g/mol. The topological polar surface area (TPSA) is 57.6 Å². The van der Waals surface area contributed by atoms with Gasteiger partial charge in [0.15, 0.2) is 11.5 Å². The van der Waals surface area contributed by atoms with Crippen molar-refractivity contribution in [3.05, 3.63) is 46.7 Å². The van der Waals surface area contributed by atoms with E-state index in [2.05, 4.69) is 26.0 Å². The molecule has 0 aromatic heterocycles. The van der Waals surface area contributed by atoms with E-state index in [1.165, 1.54) is 5.56 Å². The second kappa shape index (κ2) is 7.87. The van der Waals surface area contributed by atoms with E-state index in [0.29, 0.717) is 12.3 Å². The number of nitrogens with zero attached hydrogens (tertiary/aromatic N) is 1. The standard InChI is InChI=1S/C23H31NO3/c1-14(2)13-19(25)20-21(17-11-9-16(10-12-17)15(3)4)24(23(27)22(20)26)18-7-5-6-8-18/h9-12,14-15,18,21,26H,5-8,13H2,1-4H3. The van der Waals surface area contributed by atoms with Gasteiger partial charge in [-0.2, -0.15) is 0 Å². The molecule has 1 aromatic carbocycles. The number of amides is 1. The van der Waals surface area contributed by atoms with Gasteiger partial charge in [-0.15, -0.1) is 0 Å². The lowest BCUT2D eigenvalue weighted by atomic mass is 9.90. The molecule has 0 radical (unpaired) electrons. The molecule has 1 aromatic rings. The molecule has 1 saturated carbocycles. The number of Topliss-reactive ketones (excluding diaryl/α,β-unsaturated/α-hetero) is 1. The molecular weight excluding hydrogens is 338 g/mol. The van der Waals surface area contributed by atoms with Crippen LogP contribution >= 0.6 is 0 Å². The van der Waals surface area contributed by atoms with Crippen LogP contribution in [0.3, 0.4) is 0 Å². The first-order chi connectivity index (χ1) is 12.8. The van der Waals surface area contributed by atoms with E-state index >= 15 is 0 Å². The summed E-state index contributed by atoms with van der Waals surface area (Å²) in [5, 5.41) is 10.6. The molecule has 1 unspecified atom stereocenters. The Morgan fingerprint density at radius 2 is 1.70 bits per heavy atom. The summed E-state index contributed by atoms with van der Waals surface area (Å²) >= 11 is 0. The van der Waals surface area contributed by atoms with Gasteiger partial charge >= 0.3 is 0 Å². The Hall–Kier alpha value is -2.10. The molecular formula is C23H31NO3. The molecule has 1 amide bonds. The Morgan fingerprint density at radius 3 is 2.22 bits per heavy atom. The zero-order chi connectivity index (χ0) is 19.7. The van der Waals surface area contributed by atoms with Gasteiger partial charge in [-0.05, 0) is 35.8 Å². The lowest BCUT2D eigenvalue weighted by Crippen LogP contribution is -2.38. The van der Waals surface area contributed by atoms with Crippen molar-refractivity contribution >= 4 is 11.7 Å². The molecule has 2 aliphatic rings. The Labute approximate surface area is 162 Å². The summed E-state index contributed by atoms with van der Waals surface area (Å²) in [5.41, 5.74) is 2.42. The van der Waals surface area contributed by atoms with Crippen LogP contribution in [0.4, 0.5) is 0 Å². The minimum absolute atomic E-state index is 0.0961. The van der Waals surface area contributed by atoms with Crippen molar-refractivity contribution in [3.8, 4) is 0 Å². The summed E-state index contributed by atoms with van der Waals surface area (Å²) in [6.07, 6.45) is 4.38. The van der Waals surface area contributed by atoms with E-state index in [4.69, 9.17) is 0 Å². The molecule has 3 rings (SSSR count). The third-order valence-corrected chi connectivity index (χ3v) is 5.77. The molecule has 27 heavy (non-hydrogen) atoms. The quantitative estimate of drug-likeness (QED) is 0.762.